The van der Waals surface area contributed by atoms with Crippen molar-refractivity contribution in [3.05, 3.63) is 46.4 Å². The van der Waals surface area contributed by atoms with Crippen LogP contribution in [0.25, 0.3) is 6.08 Å². The molecule has 10 nitrogen and oxygen atoms in total. The number of amides is 3. The standard InChI is InChI=1S/C23H22N2O8S/c1-29-17-8-13(9-18(30-2)20(17)31-3)10-19-22(27)25(23(28)34-19)7-6-24-21(26)14-4-5-15-16(11-14)33-12-32-15/h4-5,8-11H,6-7,12H2,1-3H3,(H,24,26)/b19-10+. The fourth-order valence-electron chi connectivity index (χ4n) is 3.45. The van der Waals surface area contributed by atoms with E-state index in [2.05, 4.69) is 5.32 Å². The van der Waals surface area contributed by atoms with Crippen molar-refractivity contribution in [3.63, 3.8) is 0 Å². The molecule has 2 aliphatic heterocycles. The molecule has 0 atom stereocenters. The van der Waals surface area contributed by atoms with Crippen molar-refractivity contribution >= 4 is 34.9 Å². The van der Waals surface area contributed by atoms with Crippen molar-refractivity contribution in [2.24, 2.45) is 0 Å². The number of carbonyl (C=O) groups excluding carboxylic acids is 3. The fraction of sp³-hybridized carbons (Fsp3) is 0.261. The Morgan fingerprint density at radius 1 is 1.06 bits per heavy atom. The van der Waals surface area contributed by atoms with Gasteiger partial charge in [-0.25, -0.2) is 0 Å². The Morgan fingerprint density at radius 2 is 1.76 bits per heavy atom. The summed E-state index contributed by atoms with van der Waals surface area (Å²) in [5, 5.41) is 2.29. The zero-order chi connectivity index (χ0) is 24.2. The molecule has 178 valence electrons. The van der Waals surface area contributed by atoms with Crippen LogP contribution in [-0.4, -0.2) is 63.2 Å². The van der Waals surface area contributed by atoms with Crippen LogP contribution in [0.1, 0.15) is 15.9 Å². The lowest BCUT2D eigenvalue weighted by atomic mass is 10.1. The summed E-state index contributed by atoms with van der Waals surface area (Å²) in [5.41, 5.74) is 0.997. The van der Waals surface area contributed by atoms with Crippen molar-refractivity contribution < 1.29 is 38.1 Å². The number of rotatable bonds is 8. The topological polar surface area (TPSA) is 113 Å². The molecule has 0 saturated carbocycles. The van der Waals surface area contributed by atoms with E-state index < -0.39 is 11.1 Å². The van der Waals surface area contributed by atoms with Gasteiger partial charge in [-0.05, 0) is 53.7 Å². The highest BCUT2D eigenvalue weighted by atomic mass is 32.2. The van der Waals surface area contributed by atoms with Crippen molar-refractivity contribution in [1.29, 1.82) is 0 Å². The van der Waals surface area contributed by atoms with Gasteiger partial charge in [-0.3, -0.25) is 19.3 Å². The van der Waals surface area contributed by atoms with Gasteiger partial charge in [-0.1, -0.05) is 0 Å². The second kappa shape index (κ2) is 9.96. The monoisotopic (exact) mass is 486 g/mol. The maximum absolute atomic E-state index is 12.8. The van der Waals surface area contributed by atoms with Gasteiger partial charge < -0.3 is 29.0 Å². The number of imide groups is 1. The van der Waals surface area contributed by atoms with E-state index in [-0.39, 0.29) is 30.7 Å². The highest BCUT2D eigenvalue weighted by molar-refractivity contribution is 8.18. The molecule has 0 unspecified atom stereocenters. The molecule has 0 spiro atoms. The van der Waals surface area contributed by atoms with Gasteiger partial charge in [-0.2, -0.15) is 0 Å². The molecule has 2 aliphatic rings. The van der Waals surface area contributed by atoms with Gasteiger partial charge in [-0.15, -0.1) is 0 Å². The number of methoxy groups -OCH3 is 3. The first kappa shape index (κ1) is 23.3. The van der Waals surface area contributed by atoms with Crippen LogP contribution in [0.5, 0.6) is 28.7 Å². The molecule has 0 bridgehead atoms. The molecule has 1 fully saturated rings. The predicted molar refractivity (Wildman–Crippen MR) is 124 cm³/mol. The molecule has 1 saturated heterocycles. The number of nitrogens with zero attached hydrogens (tertiary/aromatic N) is 1. The van der Waals surface area contributed by atoms with Gasteiger partial charge in [0.2, 0.25) is 12.5 Å². The number of hydrogen-bond donors (Lipinski definition) is 1. The summed E-state index contributed by atoms with van der Waals surface area (Å²) in [6.45, 7) is 0.250. The number of fused-ring (bicyclic) bond motifs is 1. The number of carbonyl (C=O) groups is 3. The first-order valence-corrected chi connectivity index (χ1v) is 11.0. The number of nitrogens with one attached hydrogen (secondary N) is 1. The molecule has 2 heterocycles. The van der Waals surface area contributed by atoms with Crippen LogP contribution >= 0.6 is 11.8 Å². The van der Waals surface area contributed by atoms with E-state index in [9.17, 15) is 14.4 Å². The molecule has 4 rings (SSSR count). The Morgan fingerprint density at radius 3 is 2.44 bits per heavy atom. The van der Waals surface area contributed by atoms with Crippen LogP contribution < -0.4 is 29.0 Å². The van der Waals surface area contributed by atoms with Crippen LogP contribution in [0.4, 0.5) is 4.79 Å². The van der Waals surface area contributed by atoms with Crippen molar-refractivity contribution in [2.45, 2.75) is 0 Å². The quantitative estimate of drug-likeness (QED) is 0.563. The Balaban J connectivity index is 1.41. The largest absolute Gasteiger partial charge is 0.493 e. The minimum absolute atomic E-state index is 0.0353. The molecular weight excluding hydrogens is 464 g/mol. The van der Waals surface area contributed by atoms with Crippen LogP contribution in [0.3, 0.4) is 0 Å². The zero-order valence-electron chi connectivity index (χ0n) is 18.7. The normalized spacial score (nSPS) is 15.6. The lowest BCUT2D eigenvalue weighted by molar-refractivity contribution is -0.122. The van der Waals surface area contributed by atoms with Crippen molar-refractivity contribution in [3.8, 4) is 28.7 Å². The first-order chi connectivity index (χ1) is 16.4. The molecule has 2 aromatic rings. The molecule has 11 heteroatoms. The lowest BCUT2D eigenvalue weighted by Gasteiger charge is -2.13. The molecule has 3 amide bonds. The van der Waals surface area contributed by atoms with E-state index in [0.29, 0.717) is 39.9 Å². The SMILES string of the molecule is COc1cc(/C=C2/SC(=O)N(CCNC(=O)c3ccc4c(c3)OCO4)C2=O)cc(OC)c1OC. The summed E-state index contributed by atoms with van der Waals surface area (Å²) in [4.78, 5) is 39.0. The van der Waals surface area contributed by atoms with E-state index in [0.717, 1.165) is 16.7 Å². The molecule has 1 N–H and O–H groups in total. The second-order valence-corrected chi connectivity index (χ2v) is 8.11. The van der Waals surface area contributed by atoms with Gasteiger partial charge in [0.15, 0.2) is 23.0 Å². The summed E-state index contributed by atoms with van der Waals surface area (Å²) in [6.07, 6.45) is 1.58. The van der Waals surface area contributed by atoms with Crippen molar-refractivity contribution in [1.82, 2.24) is 10.2 Å². The lowest BCUT2D eigenvalue weighted by Crippen LogP contribution is -2.37. The summed E-state index contributed by atoms with van der Waals surface area (Å²) in [5.74, 6) is 1.56. The van der Waals surface area contributed by atoms with Gasteiger partial charge in [0.25, 0.3) is 17.1 Å². The van der Waals surface area contributed by atoms with Crippen LogP contribution in [-0.2, 0) is 4.79 Å². The maximum atomic E-state index is 12.8. The van der Waals surface area contributed by atoms with Gasteiger partial charge in [0.1, 0.15) is 0 Å². The average molecular weight is 487 g/mol. The summed E-state index contributed by atoms with van der Waals surface area (Å²) < 4.78 is 26.5. The summed E-state index contributed by atoms with van der Waals surface area (Å²) in [6, 6.07) is 8.21. The number of hydrogen-bond acceptors (Lipinski definition) is 9. The smallest absolute Gasteiger partial charge is 0.293 e. The van der Waals surface area contributed by atoms with Crippen molar-refractivity contribution in [2.75, 3.05) is 41.2 Å². The third kappa shape index (κ3) is 4.60. The highest BCUT2D eigenvalue weighted by Crippen LogP contribution is 2.40. The molecule has 2 aromatic carbocycles. The van der Waals surface area contributed by atoms with E-state index >= 15 is 0 Å². The Labute approximate surface area is 199 Å². The first-order valence-electron chi connectivity index (χ1n) is 10.2. The van der Waals surface area contributed by atoms with Crippen LogP contribution in [0, 0.1) is 0 Å². The third-order valence-corrected chi connectivity index (χ3v) is 6.02. The molecule has 34 heavy (non-hydrogen) atoms. The summed E-state index contributed by atoms with van der Waals surface area (Å²) in [7, 11) is 4.48. The van der Waals surface area contributed by atoms with Crippen LogP contribution in [0.2, 0.25) is 0 Å². The molecule has 0 aliphatic carbocycles. The number of thioether (sulfide) groups is 1. The highest BCUT2D eigenvalue weighted by Gasteiger charge is 2.35. The van der Waals surface area contributed by atoms with E-state index in [1.807, 2.05) is 0 Å². The fourth-order valence-corrected chi connectivity index (χ4v) is 4.31. The molecular formula is C23H22N2O8S. The minimum atomic E-state index is -0.443. The molecule has 0 aromatic heterocycles. The third-order valence-electron chi connectivity index (χ3n) is 5.11. The number of ether oxygens (including phenoxy) is 5. The van der Waals surface area contributed by atoms with Gasteiger partial charge in [0, 0.05) is 18.7 Å². The Hall–Kier alpha value is -3.86. The zero-order valence-corrected chi connectivity index (χ0v) is 19.5. The molecule has 0 radical (unpaired) electrons. The van der Waals surface area contributed by atoms with E-state index in [1.54, 1.807) is 36.4 Å². The number of benzene rings is 2. The summed E-state index contributed by atoms with van der Waals surface area (Å²) >= 11 is 0.825. The predicted octanol–water partition coefficient (Wildman–Crippen LogP) is 2.91. The van der Waals surface area contributed by atoms with Crippen LogP contribution in [0.15, 0.2) is 35.2 Å². The average Bonchev–Trinajstić information content (AvgIpc) is 3.42. The maximum Gasteiger partial charge on any atom is 0.293 e. The Kier molecular flexibility index (Phi) is 6.82. The Bertz CT molecular complexity index is 1150. The van der Waals surface area contributed by atoms with Gasteiger partial charge >= 0.3 is 0 Å². The second-order valence-electron chi connectivity index (χ2n) is 7.12. The minimum Gasteiger partial charge on any atom is -0.493 e. The van der Waals surface area contributed by atoms with Gasteiger partial charge in [0.05, 0.1) is 26.2 Å². The van der Waals surface area contributed by atoms with E-state index in [4.69, 9.17) is 23.7 Å². The van der Waals surface area contributed by atoms with E-state index in [1.165, 1.54) is 21.3 Å².